The molecule has 4 amide bonds. The Morgan fingerprint density at radius 1 is 0.838 bits per heavy atom. The Bertz CT molecular complexity index is 1410. The third-order valence-electron chi connectivity index (χ3n) is 6.30. The molecule has 3 aromatic carbocycles. The molecule has 0 spiro atoms. The average molecular weight is 496 g/mol. The van der Waals surface area contributed by atoms with Gasteiger partial charge in [0.05, 0.1) is 12.8 Å². The van der Waals surface area contributed by atoms with Crippen molar-refractivity contribution < 1.29 is 23.6 Å². The highest BCUT2D eigenvalue weighted by Crippen LogP contribution is 2.30. The van der Waals surface area contributed by atoms with Gasteiger partial charge in [-0.05, 0) is 48.2 Å². The van der Waals surface area contributed by atoms with Crippen molar-refractivity contribution in [2.75, 3.05) is 18.4 Å². The van der Waals surface area contributed by atoms with Gasteiger partial charge < -0.3 is 14.6 Å². The van der Waals surface area contributed by atoms with Crippen LogP contribution in [0.3, 0.4) is 0 Å². The summed E-state index contributed by atoms with van der Waals surface area (Å²) in [4.78, 5) is 54.6. The summed E-state index contributed by atoms with van der Waals surface area (Å²) in [5.41, 5.74) is 1.60. The van der Waals surface area contributed by atoms with E-state index >= 15 is 0 Å². The number of anilines is 1. The second-order valence-electron chi connectivity index (χ2n) is 8.82. The first-order valence-electron chi connectivity index (χ1n) is 12.0. The number of nitrogens with zero attached hydrogens (tertiary/aromatic N) is 2. The number of para-hydroxylation sites is 1. The molecule has 1 aliphatic rings. The number of benzene rings is 3. The fourth-order valence-electron chi connectivity index (χ4n) is 4.55. The largest absolute Gasteiger partial charge is 0.467 e. The lowest BCUT2D eigenvalue weighted by Gasteiger charge is -2.27. The van der Waals surface area contributed by atoms with E-state index < -0.39 is 0 Å². The number of imide groups is 1. The van der Waals surface area contributed by atoms with Crippen molar-refractivity contribution in [2.24, 2.45) is 0 Å². The molecular weight excluding hydrogens is 470 g/mol. The van der Waals surface area contributed by atoms with Gasteiger partial charge in [0.2, 0.25) is 11.8 Å². The second-order valence-corrected chi connectivity index (χ2v) is 8.82. The summed E-state index contributed by atoms with van der Waals surface area (Å²) in [5, 5.41) is 4.29. The first-order valence-corrected chi connectivity index (χ1v) is 12.0. The van der Waals surface area contributed by atoms with E-state index in [1.54, 1.807) is 48.5 Å². The first-order chi connectivity index (χ1) is 18.0. The van der Waals surface area contributed by atoms with E-state index in [1.165, 1.54) is 16.1 Å². The Kier molecular flexibility index (Phi) is 6.81. The van der Waals surface area contributed by atoms with Crippen molar-refractivity contribution in [3.05, 3.63) is 102 Å². The normalized spacial score (nSPS) is 12.6. The van der Waals surface area contributed by atoms with Crippen LogP contribution in [-0.2, 0) is 16.1 Å². The minimum atomic E-state index is -0.364. The van der Waals surface area contributed by atoms with Crippen LogP contribution in [0.4, 0.5) is 5.69 Å². The SMILES string of the molecule is O=C(CN(Cc1ccco1)C(=O)CCCN1C(=O)c2cccc3cccc(c23)C1=O)Nc1ccccc1. The topological polar surface area (TPSA) is 99.9 Å². The van der Waals surface area contributed by atoms with E-state index in [0.29, 0.717) is 28.0 Å². The van der Waals surface area contributed by atoms with Crippen LogP contribution in [0.2, 0.25) is 0 Å². The lowest BCUT2D eigenvalue weighted by atomic mass is 9.94. The number of carbonyl (C=O) groups excluding carboxylic acids is 4. The average Bonchev–Trinajstić information content (AvgIpc) is 3.42. The van der Waals surface area contributed by atoms with E-state index in [9.17, 15) is 19.2 Å². The van der Waals surface area contributed by atoms with Gasteiger partial charge in [0, 0.05) is 35.2 Å². The molecule has 4 aromatic rings. The minimum Gasteiger partial charge on any atom is -0.467 e. The molecule has 0 bridgehead atoms. The zero-order valence-corrected chi connectivity index (χ0v) is 20.1. The van der Waals surface area contributed by atoms with Gasteiger partial charge in [-0.25, -0.2) is 0 Å². The van der Waals surface area contributed by atoms with Gasteiger partial charge in [-0.3, -0.25) is 24.1 Å². The van der Waals surface area contributed by atoms with Crippen LogP contribution in [0.25, 0.3) is 10.8 Å². The molecule has 37 heavy (non-hydrogen) atoms. The van der Waals surface area contributed by atoms with Crippen molar-refractivity contribution in [2.45, 2.75) is 19.4 Å². The highest BCUT2D eigenvalue weighted by molar-refractivity contribution is 6.25. The molecular formula is C29H25N3O5. The van der Waals surface area contributed by atoms with Crippen LogP contribution in [0.1, 0.15) is 39.3 Å². The van der Waals surface area contributed by atoms with Crippen LogP contribution >= 0.6 is 0 Å². The van der Waals surface area contributed by atoms with Crippen LogP contribution < -0.4 is 5.32 Å². The predicted molar refractivity (Wildman–Crippen MR) is 138 cm³/mol. The molecule has 0 atom stereocenters. The molecule has 0 saturated heterocycles. The summed E-state index contributed by atoms with van der Waals surface area (Å²) in [7, 11) is 0. The molecule has 0 fully saturated rings. The van der Waals surface area contributed by atoms with Crippen molar-refractivity contribution >= 4 is 40.1 Å². The number of hydrogen-bond donors (Lipinski definition) is 1. The predicted octanol–water partition coefficient (Wildman–Crippen LogP) is 4.48. The van der Waals surface area contributed by atoms with Crippen molar-refractivity contribution in [1.29, 1.82) is 0 Å². The molecule has 186 valence electrons. The third-order valence-corrected chi connectivity index (χ3v) is 6.30. The highest BCUT2D eigenvalue weighted by Gasteiger charge is 2.32. The van der Waals surface area contributed by atoms with Gasteiger partial charge in [0.1, 0.15) is 12.3 Å². The molecule has 0 saturated carbocycles. The maximum atomic E-state index is 13.1. The maximum absolute atomic E-state index is 13.1. The van der Waals surface area contributed by atoms with Gasteiger partial charge in [-0.1, -0.05) is 42.5 Å². The Hall–Kier alpha value is -4.72. The number of rotatable bonds is 9. The van der Waals surface area contributed by atoms with Crippen molar-refractivity contribution in [1.82, 2.24) is 9.80 Å². The monoisotopic (exact) mass is 495 g/mol. The lowest BCUT2D eigenvalue weighted by Crippen LogP contribution is -2.41. The fraction of sp³-hybridized carbons (Fsp3) is 0.172. The van der Waals surface area contributed by atoms with E-state index in [2.05, 4.69) is 5.32 Å². The number of hydrogen-bond acceptors (Lipinski definition) is 5. The Balaban J connectivity index is 1.24. The molecule has 1 aliphatic heterocycles. The van der Waals surface area contributed by atoms with Crippen molar-refractivity contribution in [3.63, 3.8) is 0 Å². The highest BCUT2D eigenvalue weighted by atomic mass is 16.3. The van der Waals surface area contributed by atoms with Gasteiger partial charge in [0.15, 0.2) is 0 Å². The summed E-state index contributed by atoms with van der Waals surface area (Å²) >= 11 is 0. The quantitative estimate of drug-likeness (QED) is 0.345. The van der Waals surface area contributed by atoms with Crippen LogP contribution in [-0.4, -0.2) is 46.5 Å². The number of carbonyl (C=O) groups is 4. The molecule has 8 heteroatoms. The lowest BCUT2D eigenvalue weighted by molar-refractivity contribution is -0.135. The molecule has 0 unspecified atom stereocenters. The second kappa shape index (κ2) is 10.5. The zero-order chi connectivity index (χ0) is 25.8. The fourth-order valence-corrected chi connectivity index (χ4v) is 4.55. The zero-order valence-electron chi connectivity index (χ0n) is 20.1. The molecule has 5 rings (SSSR count). The maximum Gasteiger partial charge on any atom is 0.261 e. The van der Waals surface area contributed by atoms with E-state index in [1.807, 2.05) is 30.3 Å². The molecule has 0 aliphatic carbocycles. The molecule has 2 heterocycles. The Morgan fingerprint density at radius 3 is 2.19 bits per heavy atom. The smallest absolute Gasteiger partial charge is 0.261 e. The van der Waals surface area contributed by atoms with Crippen LogP contribution in [0.5, 0.6) is 0 Å². The van der Waals surface area contributed by atoms with E-state index in [0.717, 1.165) is 5.39 Å². The van der Waals surface area contributed by atoms with E-state index in [-0.39, 0.29) is 56.1 Å². The summed E-state index contributed by atoms with van der Waals surface area (Å²) in [6.07, 6.45) is 1.83. The minimum absolute atomic E-state index is 0.0578. The van der Waals surface area contributed by atoms with E-state index in [4.69, 9.17) is 4.42 Å². The molecule has 8 nitrogen and oxygen atoms in total. The van der Waals surface area contributed by atoms with Crippen molar-refractivity contribution in [3.8, 4) is 0 Å². The van der Waals surface area contributed by atoms with Crippen LogP contribution in [0.15, 0.2) is 89.5 Å². The van der Waals surface area contributed by atoms with Gasteiger partial charge in [-0.15, -0.1) is 0 Å². The number of furan rings is 1. The first kappa shape index (κ1) is 24.0. The molecule has 1 aromatic heterocycles. The Labute approximate surface area is 213 Å². The Morgan fingerprint density at radius 2 is 1.54 bits per heavy atom. The van der Waals surface area contributed by atoms with Gasteiger partial charge in [0.25, 0.3) is 11.8 Å². The summed E-state index contributed by atoms with van der Waals surface area (Å²) in [5.74, 6) is -0.795. The van der Waals surface area contributed by atoms with Gasteiger partial charge >= 0.3 is 0 Å². The van der Waals surface area contributed by atoms with Crippen LogP contribution in [0, 0.1) is 0 Å². The summed E-state index contributed by atoms with van der Waals surface area (Å²) in [6.45, 7) is 0.0648. The summed E-state index contributed by atoms with van der Waals surface area (Å²) < 4.78 is 5.38. The standard InChI is InChI=1S/C29H25N3O5/c33-25(30-21-10-2-1-3-11-21)19-31(18-22-12-7-17-37-22)26(34)15-6-16-32-28(35)23-13-4-8-20-9-5-14-24(27(20)23)29(32)36/h1-5,7-14,17H,6,15-16,18-19H2,(H,30,33). The molecule has 0 radical (unpaired) electrons. The third kappa shape index (κ3) is 5.13. The molecule has 1 N–H and O–H groups in total. The summed E-state index contributed by atoms with van der Waals surface area (Å²) in [6, 6.07) is 23.2. The van der Waals surface area contributed by atoms with Gasteiger partial charge in [-0.2, -0.15) is 0 Å². The number of amides is 4. The number of nitrogens with one attached hydrogen (secondary N) is 1.